The molecule has 1 aliphatic carbocycles. The maximum Gasteiger partial charge on any atom is 0.416 e. The summed E-state index contributed by atoms with van der Waals surface area (Å²) in [5, 5.41) is 9.12. The van der Waals surface area contributed by atoms with Crippen molar-refractivity contribution < 1.29 is 13.2 Å². The van der Waals surface area contributed by atoms with E-state index in [1.165, 1.54) is 6.07 Å². The number of hydrogen-bond acceptors (Lipinski definition) is 3. The van der Waals surface area contributed by atoms with E-state index in [0.29, 0.717) is 27.7 Å². The first-order valence-electron chi connectivity index (χ1n) is 11.0. The topological polar surface area (TPSA) is 37.0 Å². The minimum Gasteiger partial charge on any atom is -0.358 e. The maximum absolute atomic E-state index is 13.4. The highest BCUT2D eigenvalue weighted by Gasteiger charge is 2.31. The molecule has 0 unspecified atom stereocenters. The molecule has 0 spiro atoms. The van der Waals surface area contributed by atoms with Crippen LogP contribution in [0.15, 0.2) is 59.8 Å². The average molecular weight is 490 g/mol. The Balaban J connectivity index is 1.47. The third-order valence-electron chi connectivity index (χ3n) is 6.02. The first kappa shape index (κ1) is 23.8. The highest BCUT2D eigenvalue weighted by atomic mass is 32.2. The van der Waals surface area contributed by atoms with Crippen molar-refractivity contribution in [2.24, 2.45) is 5.92 Å². The van der Waals surface area contributed by atoms with Crippen LogP contribution in [0, 0.1) is 5.92 Å². The summed E-state index contributed by atoms with van der Waals surface area (Å²) in [5.41, 5.74) is 1.06. The molecule has 3 aromatic rings. The summed E-state index contributed by atoms with van der Waals surface area (Å²) in [6, 6.07) is 11.7. The minimum atomic E-state index is -4.36. The van der Waals surface area contributed by atoms with Crippen LogP contribution in [0.1, 0.15) is 43.7 Å². The molecule has 0 saturated heterocycles. The predicted molar refractivity (Wildman–Crippen MR) is 134 cm³/mol. The van der Waals surface area contributed by atoms with Crippen LogP contribution in [-0.4, -0.2) is 15.3 Å². The number of thioether (sulfide) groups is 1. The highest BCUT2D eigenvalue weighted by Crippen LogP contribution is 2.40. The zero-order valence-corrected chi connectivity index (χ0v) is 19.9. The minimum absolute atomic E-state index is 0.345. The number of pyridine rings is 1. The Hall–Kier alpha value is -2.32. The molecule has 2 aromatic carbocycles. The third-order valence-corrected chi connectivity index (χ3v) is 7.70. The van der Waals surface area contributed by atoms with Crippen LogP contribution in [-0.2, 0) is 12.7 Å². The smallest absolute Gasteiger partial charge is 0.358 e. The molecule has 1 aliphatic rings. The molecule has 1 aromatic heterocycles. The quantitative estimate of drug-likeness (QED) is 0.365. The van der Waals surface area contributed by atoms with Crippen LogP contribution in [0.25, 0.3) is 10.8 Å². The standard InChI is InChI=1S/C25H26F3N3S2/c1-16-5-9-20(10-6-16)33-23-13-19(25(26,27)28)8-7-18(23)15-30-24(32)31-22-4-2-3-17-14-29-12-11-21(17)22/h2-4,7-8,11-14,16,20H,5-6,9-10,15H2,1H3,(H2,30,31,32). The molecule has 0 radical (unpaired) electrons. The molecule has 0 amide bonds. The van der Waals surface area contributed by atoms with Gasteiger partial charge in [0.05, 0.1) is 5.56 Å². The lowest BCUT2D eigenvalue weighted by Crippen LogP contribution is -2.28. The van der Waals surface area contributed by atoms with Crippen LogP contribution in [0.2, 0.25) is 0 Å². The van der Waals surface area contributed by atoms with Crippen molar-refractivity contribution in [2.45, 2.75) is 55.5 Å². The number of benzene rings is 2. The fourth-order valence-electron chi connectivity index (χ4n) is 4.09. The van der Waals surface area contributed by atoms with E-state index in [2.05, 4.69) is 22.5 Å². The number of hydrogen-bond donors (Lipinski definition) is 2. The number of aromatic nitrogens is 1. The monoisotopic (exact) mass is 489 g/mol. The lowest BCUT2D eigenvalue weighted by atomic mass is 9.91. The first-order valence-corrected chi connectivity index (χ1v) is 12.3. The van der Waals surface area contributed by atoms with E-state index in [4.69, 9.17) is 12.2 Å². The van der Waals surface area contributed by atoms with Crippen molar-refractivity contribution >= 4 is 45.6 Å². The maximum atomic E-state index is 13.4. The molecular formula is C25H26F3N3S2. The van der Waals surface area contributed by atoms with Crippen LogP contribution >= 0.6 is 24.0 Å². The molecule has 1 heterocycles. The van der Waals surface area contributed by atoms with Gasteiger partial charge >= 0.3 is 6.18 Å². The normalized spacial score (nSPS) is 18.8. The average Bonchev–Trinajstić information content (AvgIpc) is 2.79. The van der Waals surface area contributed by atoms with E-state index < -0.39 is 11.7 Å². The molecule has 1 saturated carbocycles. The van der Waals surface area contributed by atoms with Crippen LogP contribution in [0.3, 0.4) is 0 Å². The van der Waals surface area contributed by atoms with E-state index in [1.54, 1.807) is 30.2 Å². The third kappa shape index (κ3) is 6.18. The van der Waals surface area contributed by atoms with Gasteiger partial charge in [0, 0.05) is 45.5 Å². The van der Waals surface area contributed by atoms with Crippen LogP contribution < -0.4 is 10.6 Å². The summed E-state index contributed by atoms with van der Waals surface area (Å²) < 4.78 is 40.1. The molecule has 1 fully saturated rings. The van der Waals surface area contributed by atoms with Gasteiger partial charge in [-0.15, -0.1) is 11.8 Å². The Labute approximate surface area is 201 Å². The predicted octanol–water partition coefficient (Wildman–Crippen LogP) is 7.41. The summed E-state index contributed by atoms with van der Waals surface area (Å²) >= 11 is 7.05. The van der Waals surface area contributed by atoms with Crippen molar-refractivity contribution in [3.05, 3.63) is 66.0 Å². The van der Waals surface area contributed by atoms with Gasteiger partial charge in [-0.1, -0.05) is 25.1 Å². The summed E-state index contributed by atoms with van der Waals surface area (Å²) in [4.78, 5) is 4.81. The molecule has 33 heavy (non-hydrogen) atoms. The van der Waals surface area contributed by atoms with Crippen LogP contribution in [0.5, 0.6) is 0 Å². The lowest BCUT2D eigenvalue weighted by Gasteiger charge is -2.26. The van der Waals surface area contributed by atoms with Gasteiger partial charge in [0.25, 0.3) is 0 Å². The van der Waals surface area contributed by atoms with Gasteiger partial charge in [-0.3, -0.25) is 4.98 Å². The number of anilines is 1. The largest absolute Gasteiger partial charge is 0.416 e. The number of halogens is 3. The fourth-order valence-corrected chi connectivity index (χ4v) is 5.62. The SMILES string of the molecule is CC1CCC(Sc2cc(C(F)(F)F)ccc2CNC(=S)Nc2cccc3cnccc23)CC1. The Bertz CT molecular complexity index is 1120. The summed E-state index contributed by atoms with van der Waals surface area (Å²) in [6.07, 6.45) is 3.46. The molecule has 0 bridgehead atoms. The second kappa shape index (κ2) is 10.3. The van der Waals surface area contributed by atoms with Crippen molar-refractivity contribution in [1.82, 2.24) is 10.3 Å². The van der Waals surface area contributed by atoms with Crippen molar-refractivity contribution in [2.75, 3.05) is 5.32 Å². The lowest BCUT2D eigenvalue weighted by molar-refractivity contribution is -0.137. The molecule has 8 heteroatoms. The van der Waals surface area contributed by atoms with E-state index in [9.17, 15) is 13.2 Å². The fraction of sp³-hybridized carbons (Fsp3) is 0.360. The van der Waals surface area contributed by atoms with E-state index in [-0.39, 0.29) is 0 Å². The van der Waals surface area contributed by atoms with E-state index in [1.807, 2.05) is 24.3 Å². The van der Waals surface area contributed by atoms with Gasteiger partial charge < -0.3 is 10.6 Å². The first-order chi connectivity index (χ1) is 15.8. The number of nitrogens with zero attached hydrogens (tertiary/aromatic N) is 1. The van der Waals surface area contributed by atoms with Gasteiger partial charge in [-0.2, -0.15) is 13.2 Å². The van der Waals surface area contributed by atoms with Crippen molar-refractivity contribution in [3.8, 4) is 0 Å². The molecule has 2 N–H and O–H groups in total. The van der Waals surface area contributed by atoms with Crippen molar-refractivity contribution in [3.63, 3.8) is 0 Å². The number of fused-ring (bicyclic) bond motifs is 1. The zero-order chi connectivity index (χ0) is 23.4. The zero-order valence-electron chi connectivity index (χ0n) is 18.3. The van der Waals surface area contributed by atoms with Gasteiger partial charge in [0.1, 0.15) is 0 Å². The van der Waals surface area contributed by atoms with Gasteiger partial charge in [0.2, 0.25) is 0 Å². The summed E-state index contributed by atoms with van der Waals surface area (Å²) in [7, 11) is 0. The van der Waals surface area contributed by atoms with Gasteiger partial charge in [-0.05, 0) is 73.6 Å². The van der Waals surface area contributed by atoms with Gasteiger partial charge in [0.15, 0.2) is 5.11 Å². The second-order valence-corrected chi connectivity index (χ2v) is 10.3. The molecule has 174 valence electrons. The Morgan fingerprint density at radius 2 is 1.91 bits per heavy atom. The summed E-state index contributed by atoms with van der Waals surface area (Å²) in [6.45, 7) is 2.59. The molecule has 0 aliphatic heterocycles. The van der Waals surface area contributed by atoms with E-state index >= 15 is 0 Å². The second-order valence-electron chi connectivity index (χ2n) is 8.53. The van der Waals surface area contributed by atoms with Crippen LogP contribution in [0.4, 0.5) is 18.9 Å². The van der Waals surface area contributed by atoms with Crippen molar-refractivity contribution in [1.29, 1.82) is 0 Å². The summed E-state index contributed by atoms with van der Waals surface area (Å²) in [5.74, 6) is 0.692. The molecule has 3 nitrogen and oxygen atoms in total. The molecular weight excluding hydrogens is 463 g/mol. The number of rotatable bonds is 5. The molecule has 0 atom stereocenters. The number of alkyl halides is 3. The Morgan fingerprint density at radius 1 is 1.12 bits per heavy atom. The highest BCUT2D eigenvalue weighted by molar-refractivity contribution is 8.00. The Kier molecular flexibility index (Phi) is 7.44. The Morgan fingerprint density at radius 3 is 2.67 bits per heavy atom. The number of thiocarbonyl (C=S) groups is 1. The van der Waals surface area contributed by atoms with Gasteiger partial charge in [-0.25, -0.2) is 0 Å². The van der Waals surface area contributed by atoms with E-state index in [0.717, 1.165) is 53.8 Å². The molecule has 4 rings (SSSR count). The number of nitrogens with one attached hydrogen (secondary N) is 2.